The number of hydrogen-bond donors (Lipinski definition) is 3. The molecule has 0 fully saturated rings. The highest BCUT2D eigenvalue weighted by atomic mass is 32.2. The fourth-order valence-corrected chi connectivity index (χ4v) is 3.87. The monoisotopic (exact) mass is 477 g/mol. The molecule has 0 aromatic heterocycles. The molecule has 2 unspecified atom stereocenters. The summed E-state index contributed by atoms with van der Waals surface area (Å²) in [6.07, 6.45) is -0.393. The van der Waals surface area contributed by atoms with Crippen molar-refractivity contribution in [2.45, 2.75) is 56.8 Å². The number of primary sulfonamides is 1. The van der Waals surface area contributed by atoms with Gasteiger partial charge >= 0.3 is 6.09 Å². The van der Waals surface area contributed by atoms with Crippen LogP contribution in [0.15, 0.2) is 47.4 Å². The van der Waals surface area contributed by atoms with Crippen molar-refractivity contribution in [2.24, 2.45) is 5.14 Å². The number of amides is 1. The molecule has 2 atom stereocenters. The maximum Gasteiger partial charge on any atom is 0.408 e. The lowest BCUT2D eigenvalue weighted by atomic mass is 9.98. The summed E-state index contributed by atoms with van der Waals surface area (Å²) in [5.41, 5.74) is 1.67. The molecular formula is C22H27N3O5S2. The number of nitrogens with one attached hydrogen (secondary N) is 2. The highest BCUT2D eigenvalue weighted by Crippen LogP contribution is 2.33. The normalized spacial score (nSPS) is 16.9. The first-order chi connectivity index (χ1) is 14.8. The van der Waals surface area contributed by atoms with Crippen molar-refractivity contribution in [2.75, 3.05) is 5.32 Å². The first-order valence-corrected chi connectivity index (χ1v) is 12.0. The third kappa shape index (κ3) is 6.18. The molecule has 0 saturated carbocycles. The van der Waals surface area contributed by atoms with E-state index in [1.807, 2.05) is 25.1 Å². The average molecular weight is 478 g/mol. The van der Waals surface area contributed by atoms with Crippen molar-refractivity contribution in [3.63, 3.8) is 0 Å². The molecule has 0 aliphatic carbocycles. The van der Waals surface area contributed by atoms with Crippen molar-refractivity contribution in [3.8, 4) is 5.75 Å². The zero-order valence-corrected chi connectivity index (χ0v) is 20.0. The third-order valence-electron chi connectivity index (χ3n) is 4.72. The second kappa shape index (κ2) is 9.05. The van der Waals surface area contributed by atoms with Gasteiger partial charge < -0.3 is 20.1 Å². The Bertz CT molecular complexity index is 1130. The first-order valence-electron chi connectivity index (χ1n) is 10.0. The summed E-state index contributed by atoms with van der Waals surface area (Å²) in [6, 6.07) is 11.3. The van der Waals surface area contributed by atoms with Gasteiger partial charge in [-0.2, -0.15) is 0 Å². The van der Waals surface area contributed by atoms with E-state index in [1.165, 1.54) is 12.1 Å². The SMILES string of the molecule is CC1Oc2ccc(C(Cc3ccc(S(N)(=O)=O)cc3)NC(=O)OC(C)(C)C)cc2NC1=S. The lowest BCUT2D eigenvalue weighted by molar-refractivity contribution is 0.0503. The van der Waals surface area contributed by atoms with Crippen LogP contribution in [-0.2, 0) is 21.2 Å². The van der Waals surface area contributed by atoms with Gasteiger partial charge in [-0.1, -0.05) is 30.4 Å². The number of alkyl carbamates (subject to hydrolysis) is 1. The Kier molecular flexibility index (Phi) is 6.77. The lowest BCUT2D eigenvalue weighted by Gasteiger charge is -2.28. The molecule has 0 saturated heterocycles. The summed E-state index contributed by atoms with van der Waals surface area (Å²) in [4.78, 5) is 13.1. The predicted octanol–water partition coefficient (Wildman–Crippen LogP) is 3.66. The fraction of sp³-hybridized carbons (Fsp3) is 0.364. The van der Waals surface area contributed by atoms with Gasteiger partial charge in [0.15, 0.2) is 0 Å². The Hall–Kier alpha value is -2.69. The van der Waals surface area contributed by atoms with Crippen molar-refractivity contribution < 1.29 is 22.7 Å². The van der Waals surface area contributed by atoms with Crippen LogP contribution in [0.4, 0.5) is 10.5 Å². The summed E-state index contributed by atoms with van der Waals surface area (Å²) in [5, 5.41) is 11.2. The van der Waals surface area contributed by atoms with Gasteiger partial charge in [0.1, 0.15) is 22.4 Å². The second-order valence-corrected chi connectivity index (χ2v) is 10.6. The number of thiocarbonyl (C=S) groups is 1. The molecule has 172 valence electrons. The quantitative estimate of drug-likeness (QED) is 0.562. The van der Waals surface area contributed by atoms with Gasteiger partial charge in [-0.25, -0.2) is 18.4 Å². The number of hydrogen-bond acceptors (Lipinski definition) is 6. The second-order valence-electron chi connectivity index (χ2n) is 8.60. The molecule has 1 aliphatic heterocycles. The number of ether oxygens (including phenoxy) is 2. The molecule has 1 heterocycles. The molecule has 0 radical (unpaired) electrons. The van der Waals surface area contributed by atoms with Crippen molar-refractivity contribution in [1.82, 2.24) is 5.32 Å². The van der Waals surface area contributed by atoms with Gasteiger partial charge in [0.25, 0.3) is 0 Å². The zero-order valence-electron chi connectivity index (χ0n) is 18.3. The highest BCUT2D eigenvalue weighted by molar-refractivity contribution is 7.89. The number of fused-ring (bicyclic) bond motifs is 1. The van der Waals surface area contributed by atoms with Gasteiger partial charge in [0.2, 0.25) is 10.0 Å². The van der Waals surface area contributed by atoms with E-state index >= 15 is 0 Å². The largest absolute Gasteiger partial charge is 0.481 e. The summed E-state index contributed by atoms with van der Waals surface area (Å²) < 4.78 is 34.3. The number of rotatable bonds is 5. The molecule has 32 heavy (non-hydrogen) atoms. The molecule has 1 amide bonds. The Morgan fingerprint density at radius 3 is 2.50 bits per heavy atom. The van der Waals surface area contributed by atoms with Crippen LogP contribution < -0.4 is 20.5 Å². The van der Waals surface area contributed by atoms with E-state index in [0.717, 1.165) is 11.1 Å². The smallest absolute Gasteiger partial charge is 0.408 e. The van der Waals surface area contributed by atoms with Gasteiger partial charge in [0, 0.05) is 0 Å². The summed E-state index contributed by atoms with van der Waals surface area (Å²) in [5.74, 6) is 0.670. The molecular weight excluding hydrogens is 450 g/mol. The minimum absolute atomic E-state index is 0.0238. The van der Waals surface area contributed by atoms with E-state index in [0.29, 0.717) is 22.8 Å². The van der Waals surface area contributed by atoms with E-state index in [2.05, 4.69) is 10.6 Å². The van der Waals surface area contributed by atoms with Crippen molar-refractivity contribution >= 4 is 39.0 Å². The molecule has 2 aromatic rings. The molecule has 2 aromatic carbocycles. The fourth-order valence-electron chi connectivity index (χ4n) is 3.20. The van der Waals surface area contributed by atoms with E-state index in [-0.39, 0.29) is 11.0 Å². The van der Waals surface area contributed by atoms with Crippen LogP contribution >= 0.6 is 12.2 Å². The molecule has 4 N–H and O–H groups in total. The predicted molar refractivity (Wildman–Crippen MR) is 126 cm³/mol. The minimum Gasteiger partial charge on any atom is -0.481 e. The summed E-state index contributed by atoms with van der Waals surface area (Å²) in [6.45, 7) is 7.23. The van der Waals surface area contributed by atoms with Gasteiger partial charge in [-0.15, -0.1) is 0 Å². The van der Waals surface area contributed by atoms with Gasteiger partial charge in [-0.05, 0) is 69.5 Å². The lowest BCUT2D eigenvalue weighted by Crippen LogP contribution is -2.36. The van der Waals surface area contributed by atoms with E-state index < -0.39 is 27.8 Å². The zero-order chi connectivity index (χ0) is 23.7. The Balaban J connectivity index is 1.90. The maximum atomic E-state index is 12.5. The number of benzene rings is 2. The number of sulfonamides is 1. The summed E-state index contributed by atoms with van der Waals surface area (Å²) in [7, 11) is -3.78. The highest BCUT2D eigenvalue weighted by Gasteiger charge is 2.25. The Morgan fingerprint density at radius 1 is 1.25 bits per heavy atom. The van der Waals surface area contributed by atoms with Crippen LogP contribution in [0, 0.1) is 0 Å². The number of nitrogens with two attached hydrogens (primary N) is 1. The molecule has 8 nitrogen and oxygen atoms in total. The molecule has 3 rings (SSSR count). The van der Waals surface area contributed by atoms with Crippen LogP contribution in [0.3, 0.4) is 0 Å². The van der Waals surface area contributed by atoms with Crippen LogP contribution in [0.1, 0.15) is 44.9 Å². The molecule has 0 spiro atoms. The maximum absolute atomic E-state index is 12.5. The number of carbonyl (C=O) groups is 1. The van der Waals surface area contributed by atoms with Crippen LogP contribution in [-0.4, -0.2) is 31.2 Å². The standard InChI is InChI=1S/C22H27N3O5S2/c1-13-20(31)24-18-12-15(7-10-19(18)29-13)17(25-21(26)30-22(2,3)4)11-14-5-8-16(9-6-14)32(23,27)28/h5-10,12-13,17H,11H2,1-4H3,(H,24,31)(H,25,26)(H2,23,27,28). The van der Waals surface area contributed by atoms with Crippen LogP contribution in [0.5, 0.6) is 5.75 Å². The van der Waals surface area contributed by atoms with Gasteiger partial charge in [0.05, 0.1) is 16.6 Å². The molecule has 10 heteroatoms. The summed E-state index contributed by atoms with van der Waals surface area (Å²) >= 11 is 5.31. The van der Waals surface area contributed by atoms with E-state index in [1.54, 1.807) is 32.9 Å². The topological polar surface area (TPSA) is 120 Å². The third-order valence-corrected chi connectivity index (χ3v) is 6.08. The van der Waals surface area contributed by atoms with Gasteiger partial charge in [-0.3, -0.25) is 0 Å². The van der Waals surface area contributed by atoms with E-state index in [4.69, 9.17) is 26.8 Å². The average Bonchev–Trinajstić information content (AvgIpc) is 2.66. The van der Waals surface area contributed by atoms with Crippen LogP contribution in [0.25, 0.3) is 0 Å². The van der Waals surface area contributed by atoms with E-state index in [9.17, 15) is 13.2 Å². The first kappa shape index (κ1) is 24.0. The minimum atomic E-state index is -3.78. The van der Waals surface area contributed by atoms with Crippen LogP contribution in [0.2, 0.25) is 0 Å². The molecule has 0 bridgehead atoms. The van der Waals surface area contributed by atoms with Crippen molar-refractivity contribution in [1.29, 1.82) is 0 Å². The Morgan fingerprint density at radius 2 is 1.91 bits per heavy atom. The van der Waals surface area contributed by atoms with Crippen molar-refractivity contribution in [3.05, 3.63) is 53.6 Å². The number of anilines is 1. The Labute approximate surface area is 193 Å². The number of carbonyl (C=O) groups excluding carboxylic acids is 1. The molecule has 1 aliphatic rings.